The second kappa shape index (κ2) is 11.2. The van der Waals surface area contributed by atoms with Crippen molar-refractivity contribution < 1.29 is 58.2 Å². The number of hydrogen-bond acceptors (Lipinski definition) is 4. The zero-order valence-electron chi connectivity index (χ0n) is 24.5. The van der Waals surface area contributed by atoms with Crippen molar-refractivity contribution in [2.75, 3.05) is 6.54 Å². The van der Waals surface area contributed by atoms with E-state index >= 15 is 4.39 Å². The van der Waals surface area contributed by atoms with Crippen LogP contribution in [0.15, 0.2) is 47.4 Å². The summed E-state index contributed by atoms with van der Waals surface area (Å²) in [6.45, 7) is 1.74. The molecule has 1 N–H and O–H groups in total. The highest BCUT2D eigenvalue weighted by molar-refractivity contribution is 7.92. The zero-order chi connectivity index (χ0) is 34.1. The quantitative estimate of drug-likeness (QED) is 0.343. The highest BCUT2D eigenvalue weighted by atomic mass is 32.2. The molecule has 2 atom stereocenters. The molecule has 3 aliphatic rings. The SMILES string of the molecule is C[C@]1(C(=O)N2CCCC3(S(=O)(=O)c4cccc(F)c4)c4ccc(C(F)(C(F)(F)F)C(F)(F)F)cc4CCC23)CC[C@H](C(=O)O)CC1. The van der Waals surface area contributed by atoms with Crippen molar-refractivity contribution in [3.8, 4) is 0 Å². The summed E-state index contributed by atoms with van der Waals surface area (Å²) in [5, 5.41) is 9.42. The monoisotopic (exact) mass is 681 g/mol. The smallest absolute Gasteiger partial charge is 0.435 e. The van der Waals surface area contributed by atoms with Gasteiger partial charge in [0.05, 0.1) is 16.9 Å². The molecule has 0 radical (unpaired) electrons. The third-order valence-electron chi connectivity index (χ3n) is 10.1. The lowest BCUT2D eigenvalue weighted by molar-refractivity contribution is -0.348. The molecule has 15 heteroatoms. The van der Waals surface area contributed by atoms with Crippen molar-refractivity contribution in [2.24, 2.45) is 11.3 Å². The number of halogens is 8. The second-order valence-electron chi connectivity index (χ2n) is 12.7. The van der Waals surface area contributed by atoms with E-state index in [9.17, 15) is 53.8 Å². The molecular formula is C31H31F8NO5S. The van der Waals surface area contributed by atoms with Crippen LogP contribution in [0.4, 0.5) is 35.1 Å². The predicted octanol–water partition coefficient (Wildman–Crippen LogP) is 7.00. The van der Waals surface area contributed by atoms with E-state index < -0.39 is 78.1 Å². The first-order valence-corrected chi connectivity index (χ1v) is 16.2. The van der Waals surface area contributed by atoms with Crippen molar-refractivity contribution in [1.82, 2.24) is 4.90 Å². The lowest BCUT2D eigenvalue weighted by Crippen LogP contribution is -2.64. The van der Waals surface area contributed by atoms with Crippen LogP contribution in [0.5, 0.6) is 0 Å². The molecule has 46 heavy (non-hydrogen) atoms. The topological polar surface area (TPSA) is 91.8 Å². The van der Waals surface area contributed by atoms with Crippen LogP contribution in [0, 0.1) is 17.2 Å². The number of nitrogens with zero attached hydrogens (tertiary/aromatic N) is 1. The van der Waals surface area contributed by atoms with Gasteiger partial charge in [-0.2, -0.15) is 26.3 Å². The normalized spacial score (nSPS) is 27.5. The average molecular weight is 682 g/mol. The number of piperidine rings is 1. The molecule has 0 bridgehead atoms. The number of carbonyl (C=O) groups excluding carboxylic acids is 1. The first-order valence-electron chi connectivity index (χ1n) is 14.7. The molecule has 252 valence electrons. The number of rotatable bonds is 5. The third kappa shape index (κ3) is 5.07. The Bertz CT molecular complexity index is 1630. The first kappa shape index (κ1) is 34.1. The minimum atomic E-state index is -6.38. The molecule has 5 rings (SSSR count). The highest BCUT2D eigenvalue weighted by Gasteiger charge is 2.73. The molecule has 1 saturated carbocycles. The lowest BCUT2D eigenvalue weighted by atomic mass is 9.68. The van der Waals surface area contributed by atoms with Gasteiger partial charge in [0.25, 0.3) is 0 Å². The van der Waals surface area contributed by atoms with E-state index in [0.717, 1.165) is 30.3 Å². The van der Waals surface area contributed by atoms with Crippen molar-refractivity contribution in [3.05, 3.63) is 65.0 Å². The number of carboxylic acids is 1. The molecule has 1 heterocycles. The van der Waals surface area contributed by atoms with Crippen molar-refractivity contribution >= 4 is 21.7 Å². The molecule has 2 unspecified atom stereocenters. The lowest BCUT2D eigenvalue weighted by Gasteiger charge is -2.54. The van der Waals surface area contributed by atoms with Gasteiger partial charge < -0.3 is 10.0 Å². The van der Waals surface area contributed by atoms with Gasteiger partial charge in [-0.05, 0) is 80.7 Å². The Labute approximate surface area is 259 Å². The van der Waals surface area contributed by atoms with E-state index in [1.54, 1.807) is 6.92 Å². The van der Waals surface area contributed by atoms with Crippen LogP contribution in [-0.2, 0) is 36.3 Å². The van der Waals surface area contributed by atoms with E-state index in [-0.39, 0.29) is 75.1 Å². The largest absolute Gasteiger partial charge is 0.481 e. The van der Waals surface area contributed by atoms with E-state index in [4.69, 9.17) is 0 Å². The Hall–Kier alpha value is -3.23. The predicted molar refractivity (Wildman–Crippen MR) is 147 cm³/mol. The van der Waals surface area contributed by atoms with Gasteiger partial charge in [-0.1, -0.05) is 31.2 Å². The van der Waals surface area contributed by atoms with Crippen LogP contribution in [0.2, 0.25) is 0 Å². The summed E-state index contributed by atoms with van der Waals surface area (Å²) < 4.78 is 138. The number of carboxylic acid groups (broad SMARTS) is 1. The molecule has 2 aliphatic carbocycles. The maximum absolute atomic E-state index is 15.1. The van der Waals surface area contributed by atoms with Gasteiger partial charge in [0, 0.05) is 17.5 Å². The Morgan fingerprint density at radius 2 is 1.54 bits per heavy atom. The van der Waals surface area contributed by atoms with E-state index in [1.807, 2.05) is 0 Å². The molecule has 1 aliphatic heterocycles. The van der Waals surface area contributed by atoms with Crippen LogP contribution in [-0.4, -0.2) is 55.2 Å². The van der Waals surface area contributed by atoms with E-state index in [2.05, 4.69) is 0 Å². The van der Waals surface area contributed by atoms with Gasteiger partial charge in [0.2, 0.25) is 5.91 Å². The fourth-order valence-corrected chi connectivity index (χ4v) is 10.1. The number of aliphatic carboxylic acids is 1. The van der Waals surface area contributed by atoms with E-state index in [0.29, 0.717) is 6.07 Å². The molecule has 2 aromatic carbocycles. The first-order chi connectivity index (χ1) is 21.2. The number of fused-ring (bicyclic) bond motifs is 3. The zero-order valence-corrected chi connectivity index (χ0v) is 25.3. The molecule has 1 saturated heterocycles. The van der Waals surface area contributed by atoms with Gasteiger partial charge in [-0.15, -0.1) is 0 Å². The Balaban J connectivity index is 1.67. The van der Waals surface area contributed by atoms with Gasteiger partial charge in [-0.25, -0.2) is 17.2 Å². The second-order valence-corrected chi connectivity index (χ2v) is 14.9. The minimum absolute atomic E-state index is 0.0595. The minimum Gasteiger partial charge on any atom is -0.481 e. The number of aryl methyl sites for hydroxylation is 1. The number of alkyl halides is 7. The molecule has 6 nitrogen and oxygen atoms in total. The summed E-state index contributed by atoms with van der Waals surface area (Å²) in [4.78, 5) is 26.6. The number of benzene rings is 2. The van der Waals surface area contributed by atoms with Crippen molar-refractivity contribution in [1.29, 1.82) is 0 Å². The van der Waals surface area contributed by atoms with Crippen LogP contribution >= 0.6 is 0 Å². The summed E-state index contributed by atoms with van der Waals surface area (Å²) in [5.74, 6) is -3.01. The van der Waals surface area contributed by atoms with Gasteiger partial charge in [-0.3, -0.25) is 9.59 Å². The summed E-state index contributed by atoms with van der Waals surface area (Å²) >= 11 is 0. The Morgan fingerprint density at radius 3 is 2.11 bits per heavy atom. The van der Waals surface area contributed by atoms with Gasteiger partial charge in [0.15, 0.2) is 9.84 Å². The Morgan fingerprint density at radius 1 is 0.913 bits per heavy atom. The fraction of sp³-hybridized carbons (Fsp3) is 0.548. The van der Waals surface area contributed by atoms with Gasteiger partial charge >= 0.3 is 24.0 Å². The maximum atomic E-state index is 15.1. The highest BCUT2D eigenvalue weighted by Crippen LogP contribution is 2.57. The van der Waals surface area contributed by atoms with Crippen LogP contribution < -0.4 is 0 Å². The molecule has 0 spiro atoms. The summed E-state index contributed by atoms with van der Waals surface area (Å²) in [5.41, 5.74) is -8.99. The molecule has 2 aromatic rings. The van der Waals surface area contributed by atoms with Crippen LogP contribution in [0.3, 0.4) is 0 Å². The molecule has 2 fully saturated rings. The van der Waals surface area contributed by atoms with Crippen LogP contribution in [0.1, 0.15) is 68.6 Å². The standard InChI is InChI=1S/C31H31F8NO5S/c1-27(13-10-18(11-14-27)25(41)42)26(43)40-15-3-12-28(46(44,45)22-5-2-4-21(32)17-22)23-8-7-20(16-19(23)6-9-24(28)40)29(33,30(34,35)36)31(37,38)39/h2,4-5,7-8,16-18,24H,3,6,9-15H2,1H3,(H,41,42)/t18-,24?,27-,28?. The summed E-state index contributed by atoms with van der Waals surface area (Å²) in [6.07, 6.45) is -12.6. The van der Waals surface area contributed by atoms with E-state index in [1.165, 1.54) is 4.90 Å². The number of sulfone groups is 1. The van der Waals surface area contributed by atoms with Crippen LogP contribution in [0.25, 0.3) is 0 Å². The molecular weight excluding hydrogens is 650 g/mol. The molecule has 0 aromatic heterocycles. The fourth-order valence-electron chi connectivity index (χ4n) is 7.61. The van der Waals surface area contributed by atoms with Gasteiger partial charge in [0.1, 0.15) is 10.6 Å². The summed E-state index contributed by atoms with van der Waals surface area (Å²) in [7, 11) is -4.71. The Kier molecular flexibility index (Phi) is 8.30. The average Bonchev–Trinajstić information content (AvgIpc) is 2.98. The number of amides is 1. The van der Waals surface area contributed by atoms with Crippen molar-refractivity contribution in [2.45, 2.75) is 92.0 Å². The number of hydrogen-bond donors (Lipinski definition) is 1. The number of carbonyl (C=O) groups is 2. The third-order valence-corrected chi connectivity index (χ3v) is 12.6. The number of likely N-dealkylation sites (tertiary alicyclic amines) is 1. The summed E-state index contributed by atoms with van der Waals surface area (Å²) in [6, 6.07) is 4.27. The maximum Gasteiger partial charge on any atom is 0.435 e. The molecule has 1 amide bonds. The van der Waals surface area contributed by atoms with Crippen molar-refractivity contribution in [3.63, 3.8) is 0 Å².